The smallest absolute Gasteiger partial charge is 0.277 e. The normalized spacial score (nSPS) is 11.8. The summed E-state index contributed by atoms with van der Waals surface area (Å²) in [7, 11) is 3.12. The van der Waals surface area contributed by atoms with Crippen molar-refractivity contribution in [2.75, 3.05) is 17.7 Å². The third kappa shape index (κ3) is 4.60. The minimum absolute atomic E-state index is 0.191. The number of rotatable bonds is 6. The molecule has 0 aliphatic rings. The van der Waals surface area contributed by atoms with Crippen LogP contribution in [0.5, 0.6) is 5.75 Å². The Morgan fingerprint density at radius 3 is 2.90 bits per heavy atom. The van der Waals surface area contributed by atoms with Crippen molar-refractivity contribution in [3.63, 3.8) is 0 Å². The van der Waals surface area contributed by atoms with Crippen LogP contribution in [0.3, 0.4) is 0 Å². The minimum atomic E-state index is -0.247. The van der Waals surface area contributed by atoms with E-state index in [0.717, 1.165) is 0 Å². The molecule has 0 aliphatic heterocycles. The Kier molecular flexibility index (Phi) is 6.43. The van der Waals surface area contributed by atoms with E-state index >= 15 is 0 Å². The Labute approximate surface area is 183 Å². The topological polar surface area (TPSA) is 120 Å². The van der Waals surface area contributed by atoms with Crippen LogP contribution in [-0.2, 0) is 7.05 Å². The summed E-state index contributed by atoms with van der Waals surface area (Å²) in [4.78, 5) is 21.3. The van der Waals surface area contributed by atoms with Crippen molar-refractivity contribution in [1.82, 2.24) is 14.8 Å². The third-order valence-electron chi connectivity index (χ3n) is 4.24. The zero-order chi connectivity index (χ0) is 22.5. The molecule has 3 N–H and O–H groups in total. The lowest BCUT2D eigenvalue weighted by atomic mass is 10.2. The monoisotopic (exact) mass is 437 g/mol. The lowest BCUT2D eigenvalue weighted by Crippen LogP contribution is -2.13. The molecular weight excluding hydrogens is 418 g/mol. The number of nitrogens with zero attached hydrogens (tertiary/aromatic N) is 4. The molecular formula is C21H20ClN7O2. The summed E-state index contributed by atoms with van der Waals surface area (Å²) in [6.45, 7) is 5.26. The zero-order valence-electron chi connectivity index (χ0n) is 17.2. The molecule has 0 atom stereocenters. The Balaban J connectivity index is 2.09. The summed E-state index contributed by atoms with van der Waals surface area (Å²) in [6.07, 6.45) is 2.98. The molecule has 31 heavy (non-hydrogen) atoms. The predicted octanol–water partition coefficient (Wildman–Crippen LogP) is 4.09. The fourth-order valence-corrected chi connectivity index (χ4v) is 3.20. The minimum Gasteiger partial charge on any atom is -0.493 e. The predicted molar refractivity (Wildman–Crippen MR) is 123 cm³/mol. The summed E-state index contributed by atoms with van der Waals surface area (Å²) in [6, 6.07) is 8.90. The molecule has 9 nitrogen and oxygen atoms in total. The van der Waals surface area contributed by atoms with E-state index in [1.165, 1.54) is 23.9 Å². The number of pyridine rings is 1. The number of nitrogens with one attached hydrogen (secondary N) is 3. The molecule has 3 aromatic rings. The van der Waals surface area contributed by atoms with Crippen LogP contribution in [0.2, 0.25) is 5.02 Å². The number of aliphatic imine (C=N–C) groups is 1. The molecule has 0 amide bonds. The summed E-state index contributed by atoms with van der Waals surface area (Å²) in [5, 5.41) is 19.1. The number of fused-ring (bicyclic) bond motifs is 1. The van der Waals surface area contributed by atoms with Crippen molar-refractivity contribution in [3.8, 4) is 11.8 Å². The Bertz CT molecular complexity index is 1310. The van der Waals surface area contributed by atoms with Gasteiger partial charge in [-0.25, -0.2) is 9.98 Å². The average Bonchev–Trinajstić information content (AvgIpc) is 3.01. The lowest BCUT2D eigenvalue weighted by Gasteiger charge is -2.14. The van der Waals surface area contributed by atoms with Crippen molar-refractivity contribution in [1.29, 1.82) is 5.26 Å². The van der Waals surface area contributed by atoms with Gasteiger partial charge in [0.15, 0.2) is 11.4 Å². The van der Waals surface area contributed by atoms with E-state index in [1.807, 2.05) is 6.07 Å². The van der Waals surface area contributed by atoms with E-state index in [0.29, 0.717) is 44.8 Å². The number of ether oxygens (including phenoxy) is 1. The van der Waals surface area contributed by atoms with Crippen LogP contribution in [0.15, 0.2) is 58.5 Å². The summed E-state index contributed by atoms with van der Waals surface area (Å²) in [5.41, 5.74) is 1.39. The number of methoxy groups -OCH3 is 1. The molecule has 2 heterocycles. The summed E-state index contributed by atoms with van der Waals surface area (Å²) >= 11 is 6.22. The average molecular weight is 438 g/mol. The quantitative estimate of drug-likeness (QED) is 0.231. The van der Waals surface area contributed by atoms with E-state index in [-0.39, 0.29) is 11.3 Å². The zero-order valence-corrected chi connectivity index (χ0v) is 17.9. The summed E-state index contributed by atoms with van der Waals surface area (Å²) in [5.74, 6) is 1.29. The first-order valence-corrected chi connectivity index (χ1v) is 9.50. The SMILES string of the molecule is C=C/C=C(C#N)\N=C(/C)Nc1cc(Nc2cccc(Cl)c2OC)c2c(=O)n(C)[nH]c2n1. The number of aromatic amines is 1. The second-order valence-corrected chi connectivity index (χ2v) is 6.83. The number of halogens is 1. The number of para-hydroxylation sites is 1. The van der Waals surface area contributed by atoms with Crippen molar-refractivity contribution in [2.24, 2.45) is 12.0 Å². The van der Waals surface area contributed by atoms with Gasteiger partial charge in [-0.2, -0.15) is 5.26 Å². The Morgan fingerprint density at radius 1 is 1.45 bits per heavy atom. The van der Waals surface area contributed by atoms with Gasteiger partial charge in [-0.3, -0.25) is 14.6 Å². The molecule has 0 fully saturated rings. The van der Waals surface area contributed by atoms with Gasteiger partial charge in [0.2, 0.25) is 0 Å². The molecule has 10 heteroatoms. The maximum Gasteiger partial charge on any atom is 0.277 e. The number of amidine groups is 1. The first-order chi connectivity index (χ1) is 14.9. The van der Waals surface area contributed by atoms with E-state index in [4.69, 9.17) is 21.6 Å². The molecule has 0 radical (unpaired) electrons. The van der Waals surface area contributed by atoms with Gasteiger partial charge in [0.25, 0.3) is 5.56 Å². The van der Waals surface area contributed by atoms with E-state index in [1.54, 1.807) is 38.2 Å². The summed E-state index contributed by atoms with van der Waals surface area (Å²) < 4.78 is 6.73. The highest BCUT2D eigenvalue weighted by molar-refractivity contribution is 6.32. The van der Waals surface area contributed by atoms with Crippen LogP contribution < -0.4 is 20.9 Å². The van der Waals surface area contributed by atoms with Crippen LogP contribution in [0.25, 0.3) is 11.0 Å². The number of nitriles is 1. The molecule has 0 bridgehead atoms. The molecule has 158 valence electrons. The number of benzene rings is 1. The van der Waals surface area contributed by atoms with Gasteiger partial charge < -0.3 is 15.4 Å². The van der Waals surface area contributed by atoms with E-state index in [2.05, 4.69) is 32.3 Å². The highest BCUT2D eigenvalue weighted by Crippen LogP contribution is 2.36. The fourth-order valence-electron chi connectivity index (χ4n) is 2.95. The molecule has 0 unspecified atom stereocenters. The Hall–Kier alpha value is -4.03. The first kappa shape index (κ1) is 21.7. The maximum atomic E-state index is 12.6. The van der Waals surface area contributed by atoms with Crippen LogP contribution in [0, 0.1) is 11.3 Å². The fraction of sp³-hybridized carbons (Fsp3) is 0.143. The van der Waals surface area contributed by atoms with Crippen molar-refractivity contribution in [3.05, 3.63) is 64.1 Å². The molecule has 0 aliphatic carbocycles. The molecule has 0 saturated heterocycles. The highest BCUT2D eigenvalue weighted by Gasteiger charge is 2.16. The van der Waals surface area contributed by atoms with Crippen molar-refractivity contribution < 1.29 is 4.74 Å². The largest absolute Gasteiger partial charge is 0.493 e. The standard InChI is InChI=1S/C21H20ClN7O2/c1-5-7-13(11-23)24-12(2)25-17-10-16(18-20(27-17)28-29(3)21(18)30)26-15-9-6-8-14(22)19(15)31-4/h5-10H,1H2,2-4H3,(H3,24,25,26,27,28)/b13-7-. The molecule has 1 aromatic carbocycles. The number of hydrogen-bond donors (Lipinski definition) is 3. The molecule has 2 aromatic heterocycles. The number of aryl methyl sites for hydroxylation is 1. The van der Waals surface area contributed by atoms with E-state index < -0.39 is 0 Å². The van der Waals surface area contributed by atoms with Crippen LogP contribution in [0.4, 0.5) is 17.2 Å². The number of anilines is 3. The van der Waals surface area contributed by atoms with Gasteiger partial charge >= 0.3 is 0 Å². The lowest BCUT2D eigenvalue weighted by molar-refractivity contribution is 0.417. The number of aromatic nitrogens is 3. The van der Waals surface area contributed by atoms with Gasteiger partial charge in [-0.15, -0.1) is 0 Å². The van der Waals surface area contributed by atoms with Crippen molar-refractivity contribution in [2.45, 2.75) is 6.92 Å². The van der Waals surface area contributed by atoms with Gasteiger partial charge in [0.05, 0.1) is 23.5 Å². The first-order valence-electron chi connectivity index (χ1n) is 9.12. The van der Waals surface area contributed by atoms with Gasteiger partial charge in [0, 0.05) is 13.1 Å². The van der Waals surface area contributed by atoms with Gasteiger partial charge in [-0.05, 0) is 25.1 Å². The number of H-pyrrole nitrogens is 1. The highest BCUT2D eigenvalue weighted by atomic mass is 35.5. The Morgan fingerprint density at radius 2 is 2.23 bits per heavy atom. The third-order valence-corrected chi connectivity index (χ3v) is 4.54. The molecule has 3 rings (SSSR count). The maximum absolute atomic E-state index is 12.6. The molecule has 0 spiro atoms. The molecule has 0 saturated carbocycles. The van der Waals surface area contributed by atoms with Crippen LogP contribution in [-0.4, -0.2) is 27.7 Å². The number of hydrogen-bond acceptors (Lipinski definition) is 6. The number of allylic oxidation sites excluding steroid dienone is 3. The second-order valence-electron chi connectivity index (χ2n) is 6.42. The van der Waals surface area contributed by atoms with Crippen molar-refractivity contribution >= 4 is 45.7 Å². The van der Waals surface area contributed by atoms with Gasteiger partial charge in [0.1, 0.15) is 28.8 Å². The second kappa shape index (κ2) is 9.19. The van der Waals surface area contributed by atoms with Gasteiger partial charge in [-0.1, -0.05) is 30.3 Å². The van der Waals surface area contributed by atoms with Crippen LogP contribution >= 0.6 is 11.6 Å². The van der Waals surface area contributed by atoms with Crippen LogP contribution in [0.1, 0.15) is 6.92 Å². The van der Waals surface area contributed by atoms with E-state index in [9.17, 15) is 4.79 Å².